The summed E-state index contributed by atoms with van der Waals surface area (Å²) in [7, 11) is -1.09. The van der Waals surface area contributed by atoms with E-state index >= 15 is 0 Å². The van der Waals surface area contributed by atoms with Crippen molar-refractivity contribution in [2.24, 2.45) is 0 Å². The Morgan fingerprint density at radius 3 is 2.16 bits per heavy atom. The van der Waals surface area contributed by atoms with E-state index in [0.29, 0.717) is 5.56 Å². The van der Waals surface area contributed by atoms with Crippen molar-refractivity contribution >= 4 is 27.6 Å². The summed E-state index contributed by atoms with van der Waals surface area (Å²) in [6.45, 7) is 2.86. The van der Waals surface area contributed by atoms with E-state index in [1.54, 1.807) is 6.92 Å². The molecule has 0 saturated heterocycles. The number of ether oxygens (including phenoxy) is 1. The van der Waals surface area contributed by atoms with E-state index in [2.05, 4.69) is 5.32 Å². The minimum Gasteiger partial charge on any atom is -0.449 e. The highest BCUT2D eigenvalue weighted by molar-refractivity contribution is 7.89. The zero-order valence-electron chi connectivity index (χ0n) is 17.1. The number of hydrogen-bond acceptors (Lipinski definition) is 5. The number of sulfonamides is 1. The van der Waals surface area contributed by atoms with Gasteiger partial charge in [-0.2, -0.15) is 13.2 Å². The van der Waals surface area contributed by atoms with Gasteiger partial charge in [-0.1, -0.05) is 6.07 Å². The van der Waals surface area contributed by atoms with Crippen LogP contribution in [0.25, 0.3) is 0 Å². The summed E-state index contributed by atoms with van der Waals surface area (Å²) >= 11 is 0. The van der Waals surface area contributed by atoms with E-state index in [-0.39, 0.29) is 16.1 Å². The molecule has 1 atom stereocenters. The Morgan fingerprint density at radius 1 is 1.06 bits per heavy atom. The molecule has 2 aromatic carbocycles. The molecule has 0 heterocycles. The Morgan fingerprint density at radius 2 is 1.65 bits per heavy atom. The number of halogens is 3. The summed E-state index contributed by atoms with van der Waals surface area (Å²) in [4.78, 5) is 24.6. The molecule has 0 aliphatic carbocycles. The zero-order chi connectivity index (χ0) is 23.6. The van der Waals surface area contributed by atoms with Gasteiger partial charge in [-0.15, -0.1) is 0 Å². The van der Waals surface area contributed by atoms with Crippen molar-refractivity contribution in [2.75, 3.05) is 19.4 Å². The molecule has 1 N–H and O–H groups in total. The summed E-state index contributed by atoms with van der Waals surface area (Å²) in [5.74, 6) is -1.67. The molecule has 0 fully saturated rings. The van der Waals surface area contributed by atoms with E-state index < -0.39 is 39.7 Å². The molecule has 7 nitrogen and oxygen atoms in total. The van der Waals surface area contributed by atoms with Gasteiger partial charge >= 0.3 is 12.1 Å². The molecule has 0 spiro atoms. The molecule has 1 amide bonds. The van der Waals surface area contributed by atoms with Gasteiger partial charge in [-0.05, 0) is 55.8 Å². The largest absolute Gasteiger partial charge is 0.449 e. The number of aryl methyl sites for hydroxylation is 1. The zero-order valence-corrected chi connectivity index (χ0v) is 18.0. The molecule has 0 aliphatic heterocycles. The third-order valence-electron chi connectivity index (χ3n) is 4.34. The van der Waals surface area contributed by atoms with Gasteiger partial charge in [0.25, 0.3) is 5.91 Å². The fourth-order valence-electron chi connectivity index (χ4n) is 2.46. The van der Waals surface area contributed by atoms with E-state index in [1.165, 1.54) is 33.2 Å². The number of amides is 1. The molecule has 2 aromatic rings. The summed E-state index contributed by atoms with van der Waals surface area (Å²) in [5, 5.41) is 2.36. The van der Waals surface area contributed by atoms with E-state index in [9.17, 15) is 31.2 Å². The fraction of sp³-hybridized carbons (Fsp3) is 0.300. The van der Waals surface area contributed by atoms with Crippen LogP contribution < -0.4 is 5.32 Å². The molecule has 0 aromatic heterocycles. The lowest BCUT2D eigenvalue weighted by Crippen LogP contribution is -2.30. The number of carbonyl (C=O) groups excluding carboxylic acids is 2. The Labute approximate surface area is 177 Å². The van der Waals surface area contributed by atoms with Crippen molar-refractivity contribution in [1.82, 2.24) is 4.31 Å². The SMILES string of the molecule is Cc1ccc(S(=O)(=O)N(C)C)cc1C(=O)OC(C)C(=O)Nc1ccc(C(F)(F)F)cc1. The fourth-order valence-corrected chi connectivity index (χ4v) is 3.38. The van der Waals surface area contributed by atoms with Gasteiger partial charge in [0.2, 0.25) is 10.0 Å². The van der Waals surface area contributed by atoms with Gasteiger partial charge in [-0.25, -0.2) is 17.5 Å². The Balaban J connectivity index is 2.12. The molecule has 0 radical (unpaired) electrons. The second kappa shape index (κ2) is 9.06. The highest BCUT2D eigenvalue weighted by Gasteiger charge is 2.30. The van der Waals surface area contributed by atoms with Crippen LogP contribution in [0.4, 0.5) is 18.9 Å². The molecule has 2 rings (SSSR count). The van der Waals surface area contributed by atoms with E-state index in [0.717, 1.165) is 34.6 Å². The van der Waals surface area contributed by atoms with Gasteiger partial charge in [-0.3, -0.25) is 4.79 Å². The second-order valence-corrected chi connectivity index (χ2v) is 9.03. The summed E-state index contributed by atoms with van der Waals surface area (Å²) < 4.78 is 68.5. The van der Waals surface area contributed by atoms with Crippen LogP contribution in [-0.2, 0) is 25.7 Å². The van der Waals surface area contributed by atoms with Gasteiger partial charge < -0.3 is 10.1 Å². The standard InChI is InChI=1S/C20H21F3N2O5S/c1-12-5-10-16(31(28,29)25(3)4)11-17(12)19(27)30-13(2)18(26)24-15-8-6-14(7-9-15)20(21,22)23/h5-11,13H,1-4H3,(H,24,26). The van der Waals surface area contributed by atoms with Crippen molar-refractivity contribution in [3.05, 3.63) is 59.2 Å². The smallest absolute Gasteiger partial charge is 0.416 e. The molecule has 168 valence electrons. The lowest BCUT2D eigenvalue weighted by molar-refractivity contribution is -0.137. The molecule has 11 heteroatoms. The lowest BCUT2D eigenvalue weighted by Gasteiger charge is -2.16. The lowest BCUT2D eigenvalue weighted by atomic mass is 10.1. The van der Waals surface area contributed by atoms with Gasteiger partial charge in [0.1, 0.15) is 0 Å². The second-order valence-electron chi connectivity index (χ2n) is 6.88. The first-order valence-corrected chi connectivity index (χ1v) is 10.4. The third kappa shape index (κ3) is 5.82. The number of nitrogens with zero attached hydrogens (tertiary/aromatic N) is 1. The Hall–Kier alpha value is -2.92. The van der Waals surface area contributed by atoms with Crippen molar-refractivity contribution in [3.63, 3.8) is 0 Å². The van der Waals surface area contributed by atoms with Gasteiger partial charge in [0.15, 0.2) is 6.10 Å². The van der Waals surface area contributed by atoms with E-state index in [4.69, 9.17) is 4.74 Å². The van der Waals surface area contributed by atoms with Crippen LogP contribution in [0.2, 0.25) is 0 Å². The number of hydrogen-bond donors (Lipinski definition) is 1. The number of benzene rings is 2. The maximum absolute atomic E-state index is 12.6. The predicted octanol–water partition coefficient (Wildman–Crippen LogP) is 3.45. The minimum atomic E-state index is -4.50. The maximum Gasteiger partial charge on any atom is 0.416 e. The molecule has 0 aliphatic rings. The molecule has 31 heavy (non-hydrogen) atoms. The average Bonchev–Trinajstić information content (AvgIpc) is 2.67. The normalized spacial score (nSPS) is 13.0. The molecular weight excluding hydrogens is 437 g/mol. The Bertz CT molecular complexity index is 1080. The third-order valence-corrected chi connectivity index (χ3v) is 6.15. The van der Waals surface area contributed by atoms with Gasteiger partial charge in [0, 0.05) is 19.8 Å². The van der Waals surface area contributed by atoms with Crippen molar-refractivity contribution in [2.45, 2.75) is 31.0 Å². The number of alkyl halides is 3. The van der Waals surface area contributed by atoms with Crippen LogP contribution in [-0.4, -0.2) is 44.8 Å². The van der Waals surface area contributed by atoms with Crippen LogP contribution >= 0.6 is 0 Å². The number of esters is 1. The monoisotopic (exact) mass is 458 g/mol. The van der Waals surface area contributed by atoms with Crippen LogP contribution in [0.3, 0.4) is 0 Å². The quantitative estimate of drug-likeness (QED) is 0.670. The average molecular weight is 458 g/mol. The molecule has 0 bridgehead atoms. The summed E-state index contributed by atoms with van der Waals surface area (Å²) in [6.07, 6.45) is -5.79. The van der Waals surface area contributed by atoms with Crippen molar-refractivity contribution in [3.8, 4) is 0 Å². The first kappa shape index (κ1) is 24.4. The summed E-state index contributed by atoms with van der Waals surface area (Å²) in [5.41, 5.74) is -0.362. The topological polar surface area (TPSA) is 92.8 Å². The number of rotatable bonds is 6. The first-order valence-electron chi connectivity index (χ1n) is 8.95. The van der Waals surface area contributed by atoms with Crippen LogP contribution in [0.5, 0.6) is 0 Å². The minimum absolute atomic E-state index is 0.0305. The van der Waals surface area contributed by atoms with E-state index in [1.807, 2.05) is 0 Å². The van der Waals surface area contributed by atoms with Crippen molar-refractivity contribution in [1.29, 1.82) is 0 Å². The molecule has 1 unspecified atom stereocenters. The number of anilines is 1. The Kier molecular flexibility index (Phi) is 7.12. The first-order chi connectivity index (χ1) is 14.2. The van der Waals surface area contributed by atoms with Gasteiger partial charge in [0.05, 0.1) is 16.0 Å². The maximum atomic E-state index is 12.6. The van der Waals surface area contributed by atoms with Crippen LogP contribution in [0, 0.1) is 6.92 Å². The van der Waals surface area contributed by atoms with Crippen LogP contribution in [0.15, 0.2) is 47.4 Å². The molecule has 0 saturated carbocycles. The summed E-state index contributed by atoms with van der Waals surface area (Å²) in [6, 6.07) is 7.73. The number of carbonyl (C=O) groups is 2. The number of nitrogens with one attached hydrogen (secondary N) is 1. The van der Waals surface area contributed by atoms with Crippen LogP contribution in [0.1, 0.15) is 28.4 Å². The highest BCUT2D eigenvalue weighted by atomic mass is 32.2. The van der Waals surface area contributed by atoms with Crippen molar-refractivity contribution < 1.29 is 35.9 Å². The predicted molar refractivity (Wildman–Crippen MR) is 107 cm³/mol. The molecular formula is C20H21F3N2O5S. The highest BCUT2D eigenvalue weighted by Crippen LogP contribution is 2.29.